The van der Waals surface area contributed by atoms with Crippen molar-refractivity contribution in [1.82, 2.24) is 24.5 Å². The molecule has 0 amide bonds. The molecule has 0 unspecified atom stereocenters. The largest absolute Gasteiger partial charge is 0.338 e. The summed E-state index contributed by atoms with van der Waals surface area (Å²) in [6.07, 6.45) is 4.64. The molecule has 0 aromatic carbocycles. The molecule has 0 aliphatic heterocycles. The summed E-state index contributed by atoms with van der Waals surface area (Å²) in [4.78, 5) is 25.9. The maximum absolute atomic E-state index is 12.1. The van der Waals surface area contributed by atoms with E-state index in [1.54, 1.807) is 33.3 Å². The van der Waals surface area contributed by atoms with Gasteiger partial charge in [-0.05, 0) is 48.8 Å². The second-order valence-electron chi connectivity index (χ2n) is 5.81. The summed E-state index contributed by atoms with van der Waals surface area (Å²) in [5, 5.41) is 4.89. The number of fused-ring (bicyclic) bond motifs is 1. The average Bonchev–Trinajstić information content (AvgIpc) is 3.07. The van der Waals surface area contributed by atoms with Gasteiger partial charge in [0, 0.05) is 16.1 Å². The predicted octanol–water partition coefficient (Wildman–Crippen LogP) is 2.38. The number of carbonyl (C=O) groups excluding carboxylic acids is 1. The maximum Gasteiger partial charge on any atom is 0.338 e. The first kappa shape index (κ1) is 14.7. The molecule has 8 heteroatoms. The van der Waals surface area contributed by atoms with Gasteiger partial charge in [-0.1, -0.05) is 0 Å². The second-order valence-corrected chi connectivity index (χ2v) is 6.66. The zero-order chi connectivity index (χ0) is 15.9. The van der Waals surface area contributed by atoms with Crippen molar-refractivity contribution in [2.75, 3.05) is 0 Å². The number of pyridine rings is 1. The summed E-state index contributed by atoms with van der Waals surface area (Å²) in [5.74, 6) is 0.234. The lowest BCUT2D eigenvalue weighted by Gasteiger charge is -2.16. The van der Waals surface area contributed by atoms with E-state index in [-0.39, 0.29) is 5.97 Å². The number of rotatable bonds is 2. The van der Waals surface area contributed by atoms with Crippen LogP contribution in [0.1, 0.15) is 20.8 Å². The molecule has 0 aliphatic carbocycles. The van der Waals surface area contributed by atoms with Gasteiger partial charge in [-0.15, -0.1) is 0 Å². The Morgan fingerprint density at radius 3 is 2.77 bits per heavy atom. The lowest BCUT2D eigenvalue weighted by Crippen LogP contribution is -2.31. The number of hydrogen-bond donors (Lipinski definition) is 0. The minimum Gasteiger partial charge on any atom is -0.334 e. The monoisotopic (exact) mass is 363 g/mol. The molecule has 0 atom stereocenters. The molecule has 0 saturated carbocycles. The lowest BCUT2D eigenvalue weighted by atomic mass is 9.98. The molecule has 3 heterocycles. The minimum atomic E-state index is -0.600. The van der Waals surface area contributed by atoms with Crippen molar-refractivity contribution in [3.05, 3.63) is 35.5 Å². The Labute approximate surface area is 135 Å². The fourth-order valence-corrected chi connectivity index (χ4v) is 2.29. The highest BCUT2D eigenvalue weighted by atomic mass is 79.9. The normalized spacial score (nSPS) is 11.8. The van der Waals surface area contributed by atoms with E-state index >= 15 is 0 Å². The van der Waals surface area contributed by atoms with Crippen LogP contribution in [-0.4, -0.2) is 30.4 Å². The van der Waals surface area contributed by atoms with Crippen molar-refractivity contribution < 1.29 is 9.63 Å². The Bertz CT molecular complexity index is 833. The van der Waals surface area contributed by atoms with Crippen molar-refractivity contribution in [3.8, 4) is 5.82 Å². The third-order valence-electron chi connectivity index (χ3n) is 3.01. The summed E-state index contributed by atoms with van der Waals surface area (Å²) >= 11 is 3.50. The number of halogens is 1. The number of nitrogens with zero attached hydrogens (tertiary/aromatic N) is 5. The van der Waals surface area contributed by atoms with Gasteiger partial charge in [-0.2, -0.15) is 9.83 Å². The van der Waals surface area contributed by atoms with Crippen LogP contribution >= 0.6 is 15.9 Å². The van der Waals surface area contributed by atoms with E-state index < -0.39 is 5.41 Å². The molecule has 114 valence electrons. The van der Waals surface area contributed by atoms with Gasteiger partial charge in [-0.25, -0.2) is 19.4 Å². The first-order valence-electron chi connectivity index (χ1n) is 6.61. The van der Waals surface area contributed by atoms with Crippen molar-refractivity contribution >= 4 is 32.9 Å². The zero-order valence-electron chi connectivity index (χ0n) is 12.3. The third-order valence-corrected chi connectivity index (χ3v) is 3.66. The smallest absolute Gasteiger partial charge is 0.334 e. The molecule has 22 heavy (non-hydrogen) atoms. The van der Waals surface area contributed by atoms with E-state index in [2.05, 4.69) is 31.0 Å². The van der Waals surface area contributed by atoms with Crippen LogP contribution < -0.4 is 4.84 Å². The van der Waals surface area contributed by atoms with Gasteiger partial charge in [0.1, 0.15) is 12.7 Å². The van der Waals surface area contributed by atoms with Gasteiger partial charge in [0.15, 0.2) is 11.5 Å². The first-order valence-corrected chi connectivity index (χ1v) is 7.41. The number of aromatic nitrogens is 5. The van der Waals surface area contributed by atoms with Crippen LogP contribution in [0.15, 0.2) is 35.5 Å². The fourth-order valence-electron chi connectivity index (χ4n) is 1.78. The lowest BCUT2D eigenvalue weighted by molar-refractivity contribution is -0.152. The maximum atomic E-state index is 12.1. The highest BCUT2D eigenvalue weighted by molar-refractivity contribution is 9.10. The van der Waals surface area contributed by atoms with E-state index in [1.165, 1.54) is 15.7 Å². The minimum absolute atomic E-state index is 0.339. The van der Waals surface area contributed by atoms with E-state index in [1.807, 2.05) is 12.1 Å². The fraction of sp³-hybridized carbons (Fsp3) is 0.286. The van der Waals surface area contributed by atoms with Crippen LogP contribution in [0.3, 0.4) is 0 Å². The van der Waals surface area contributed by atoms with Gasteiger partial charge in [0.05, 0.1) is 5.41 Å². The van der Waals surface area contributed by atoms with E-state index in [0.717, 1.165) is 9.86 Å². The van der Waals surface area contributed by atoms with Crippen molar-refractivity contribution in [3.63, 3.8) is 0 Å². The zero-order valence-corrected chi connectivity index (χ0v) is 13.9. The van der Waals surface area contributed by atoms with E-state index in [9.17, 15) is 4.79 Å². The van der Waals surface area contributed by atoms with Gasteiger partial charge in [0.2, 0.25) is 0 Å². The van der Waals surface area contributed by atoms with Crippen LogP contribution in [-0.2, 0) is 4.79 Å². The third kappa shape index (κ3) is 2.61. The Balaban J connectivity index is 2.07. The molecular weight excluding hydrogens is 350 g/mol. The van der Waals surface area contributed by atoms with E-state index in [4.69, 9.17) is 4.84 Å². The molecule has 0 saturated heterocycles. The summed E-state index contributed by atoms with van der Waals surface area (Å²) in [6, 6.07) is 3.65. The topological polar surface area (TPSA) is 74.8 Å². The molecule has 0 bridgehead atoms. The summed E-state index contributed by atoms with van der Waals surface area (Å²) in [5.41, 5.74) is -0.0744. The summed E-state index contributed by atoms with van der Waals surface area (Å²) in [6.45, 7) is 5.39. The van der Waals surface area contributed by atoms with Crippen molar-refractivity contribution in [2.45, 2.75) is 20.8 Å². The molecule has 3 rings (SSSR count). The molecule has 3 aromatic heterocycles. The Morgan fingerprint density at radius 2 is 2.14 bits per heavy atom. The van der Waals surface area contributed by atoms with Crippen molar-refractivity contribution in [1.29, 1.82) is 0 Å². The van der Waals surface area contributed by atoms with Crippen molar-refractivity contribution in [2.24, 2.45) is 5.41 Å². The standard InChI is InChI=1S/C14H14BrN5O2/c1-14(2,3)13(21)22-20-5-4-9-10(15)6-11(18-12(9)20)19-8-16-7-17-19/h4-8H,1-3H3. The van der Waals surface area contributed by atoms with Gasteiger partial charge in [0.25, 0.3) is 0 Å². The molecule has 0 aliphatic rings. The number of carbonyl (C=O) groups is 1. The van der Waals surface area contributed by atoms with Crippen LogP contribution in [0.4, 0.5) is 0 Å². The van der Waals surface area contributed by atoms with Crippen LogP contribution in [0, 0.1) is 5.41 Å². The molecule has 0 N–H and O–H groups in total. The Hall–Kier alpha value is -2.22. The quantitative estimate of drug-likeness (QED) is 0.698. The highest BCUT2D eigenvalue weighted by Gasteiger charge is 2.25. The Morgan fingerprint density at radius 1 is 1.36 bits per heavy atom. The highest BCUT2D eigenvalue weighted by Crippen LogP contribution is 2.26. The molecule has 0 radical (unpaired) electrons. The summed E-state index contributed by atoms with van der Waals surface area (Å²) in [7, 11) is 0. The van der Waals surface area contributed by atoms with E-state index in [0.29, 0.717) is 11.5 Å². The molecule has 3 aromatic rings. The Kier molecular flexibility index (Phi) is 3.48. The first-order chi connectivity index (χ1) is 10.4. The average molecular weight is 364 g/mol. The van der Waals surface area contributed by atoms with Crippen LogP contribution in [0.2, 0.25) is 0 Å². The van der Waals surface area contributed by atoms with Gasteiger partial charge >= 0.3 is 5.97 Å². The molecule has 0 fully saturated rings. The van der Waals surface area contributed by atoms with Crippen LogP contribution in [0.25, 0.3) is 16.9 Å². The predicted molar refractivity (Wildman–Crippen MR) is 83.4 cm³/mol. The summed E-state index contributed by atoms with van der Waals surface area (Å²) < 4.78 is 3.73. The molecule has 7 nitrogen and oxygen atoms in total. The van der Waals surface area contributed by atoms with Crippen LogP contribution in [0.5, 0.6) is 0 Å². The second kappa shape index (κ2) is 5.20. The molecule has 0 spiro atoms. The van der Waals surface area contributed by atoms with Gasteiger partial charge < -0.3 is 4.84 Å². The van der Waals surface area contributed by atoms with Gasteiger partial charge in [-0.3, -0.25) is 0 Å². The number of hydrogen-bond acceptors (Lipinski definition) is 5. The molecular formula is C14H14BrN5O2. The SMILES string of the molecule is CC(C)(C)C(=O)On1ccc2c(Br)cc(-n3cncn3)nc21.